The lowest BCUT2D eigenvalue weighted by Gasteiger charge is -2.26. The number of tetrazole rings is 1. The van der Waals surface area contributed by atoms with E-state index in [0.717, 1.165) is 18.3 Å². The summed E-state index contributed by atoms with van der Waals surface area (Å²) in [5.74, 6) is 1.62. The molecule has 0 radical (unpaired) electrons. The van der Waals surface area contributed by atoms with Gasteiger partial charge >= 0.3 is 0 Å². The first-order valence-corrected chi connectivity index (χ1v) is 4.83. The Bertz CT molecular complexity index is 241. The Balaban J connectivity index is 1.74. The van der Waals surface area contributed by atoms with E-state index in [9.17, 15) is 0 Å². The fourth-order valence-corrected chi connectivity index (χ4v) is 1.48. The van der Waals surface area contributed by atoms with Gasteiger partial charge < -0.3 is 5.32 Å². The summed E-state index contributed by atoms with van der Waals surface area (Å²) in [4.78, 5) is 0. The number of hydrogen-bond acceptors (Lipinski definition) is 4. The molecule has 0 saturated heterocycles. The molecule has 1 saturated carbocycles. The molecule has 0 bridgehead atoms. The number of aromatic amines is 1. The summed E-state index contributed by atoms with van der Waals surface area (Å²) in [5.41, 5.74) is 0. The molecule has 2 N–H and O–H groups in total. The van der Waals surface area contributed by atoms with Crippen LogP contribution in [0.1, 0.15) is 38.1 Å². The van der Waals surface area contributed by atoms with Gasteiger partial charge in [0.15, 0.2) is 5.82 Å². The van der Waals surface area contributed by atoms with E-state index in [0.29, 0.717) is 0 Å². The van der Waals surface area contributed by atoms with Crippen LogP contribution in [0.25, 0.3) is 0 Å². The molecule has 1 heterocycles. The van der Waals surface area contributed by atoms with E-state index >= 15 is 0 Å². The predicted octanol–water partition coefficient (Wildman–Crippen LogP) is 0.650. The van der Waals surface area contributed by atoms with Gasteiger partial charge in [-0.15, -0.1) is 10.2 Å². The summed E-state index contributed by atoms with van der Waals surface area (Å²) < 4.78 is 0. The highest BCUT2D eigenvalue weighted by Gasteiger charge is 2.18. The Kier molecular flexibility index (Phi) is 2.54. The third-order valence-electron chi connectivity index (χ3n) is 2.69. The monoisotopic (exact) mass is 181 g/mol. The largest absolute Gasteiger partial charge is 0.307 e. The first-order valence-electron chi connectivity index (χ1n) is 4.83. The van der Waals surface area contributed by atoms with E-state index in [1.165, 1.54) is 19.3 Å². The number of hydrogen-bond donors (Lipinski definition) is 2. The first-order chi connectivity index (χ1) is 6.36. The number of nitrogens with one attached hydrogen (secondary N) is 2. The molecule has 1 aliphatic rings. The smallest absolute Gasteiger partial charge is 0.191 e. The maximum absolute atomic E-state index is 3.93. The average Bonchev–Trinajstić information content (AvgIpc) is 2.52. The van der Waals surface area contributed by atoms with Crippen molar-refractivity contribution in [3.8, 4) is 0 Å². The van der Waals surface area contributed by atoms with Crippen LogP contribution in [0.15, 0.2) is 0 Å². The summed E-state index contributed by atoms with van der Waals surface area (Å²) >= 11 is 0. The third-order valence-corrected chi connectivity index (χ3v) is 2.69. The highest BCUT2D eigenvalue weighted by Crippen LogP contribution is 2.25. The molecule has 1 atom stereocenters. The van der Waals surface area contributed by atoms with Crippen LogP contribution < -0.4 is 5.32 Å². The van der Waals surface area contributed by atoms with Gasteiger partial charge in [-0.3, -0.25) is 0 Å². The molecule has 0 aliphatic heterocycles. The Morgan fingerprint density at radius 2 is 2.46 bits per heavy atom. The predicted molar refractivity (Wildman–Crippen MR) is 47.9 cm³/mol. The standard InChI is InChI=1S/C8H15N5/c1-6(8-10-12-13-11-8)9-5-7-3-2-4-7/h6-7,9H,2-5H2,1H3,(H,10,11,12,13). The van der Waals surface area contributed by atoms with Crippen molar-refractivity contribution in [1.29, 1.82) is 0 Å². The maximum atomic E-state index is 3.93. The molecule has 72 valence electrons. The second-order valence-corrected chi connectivity index (χ2v) is 3.70. The van der Waals surface area contributed by atoms with Crippen LogP contribution in [0.5, 0.6) is 0 Å². The van der Waals surface area contributed by atoms with Crippen molar-refractivity contribution in [3.05, 3.63) is 5.82 Å². The van der Waals surface area contributed by atoms with Crippen molar-refractivity contribution in [3.63, 3.8) is 0 Å². The lowest BCUT2D eigenvalue weighted by atomic mass is 9.85. The van der Waals surface area contributed by atoms with Crippen LogP contribution in [0.4, 0.5) is 0 Å². The molecular formula is C8H15N5. The molecule has 2 rings (SSSR count). The van der Waals surface area contributed by atoms with E-state index in [1.807, 2.05) is 0 Å². The minimum atomic E-state index is 0.208. The molecule has 5 nitrogen and oxygen atoms in total. The van der Waals surface area contributed by atoms with Gasteiger partial charge in [-0.1, -0.05) is 11.6 Å². The van der Waals surface area contributed by atoms with Crippen LogP contribution >= 0.6 is 0 Å². The highest BCUT2D eigenvalue weighted by atomic mass is 15.5. The van der Waals surface area contributed by atoms with Gasteiger partial charge in [-0.25, -0.2) is 0 Å². The summed E-state index contributed by atoms with van der Waals surface area (Å²) in [6.07, 6.45) is 4.13. The molecular weight excluding hydrogens is 166 g/mol. The SMILES string of the molecule is CC(NCC1CCC1)c1nn[nH]n1. The minimum Gasteiger partial charge on any atom is -0.307 e. The van der Waals surface area contributed by atoms with E-state index in [1.54, 1.807) is 0 Å². The van der Waals surface area contributed by atoms with Gasteiger partial charge in [0.25, 0.3) is 0 Å². The number of nitrogens with zero attached hydrogens (tertiary/aromatic N) is 3. The highest BCUT2D eigenvalue weighted by molar-refractivity contribution is 4.86. The van der Waals surface area contributed by atoms with Crippen LogP contribution in [-0.4, -0.2) is 27.2 Å². The van der Waals surface area contributed by atoms with Gasteiger partial charge in [0.05, 0.1) is 6.04 Å². The van der Waals surface area contributed by atoms with Gasteiger partial charge in [-0.05, 0) is 32.2 Å². The second-order valence-electron chi connectivity index (χ2n) is 3.70. The quantitative estimate of drug-likeness (QED) is 0.715. The Hall–Kier alpha value is -0.970. The van der Waals surface area contributed by atoms with Crippen molar-refractivity contribution in [1.82, 2.24) is 25.9 Å². The van der Waals surface area contributed by atoms with E-state index in [-0.39, 0.29) is 6.04 Å². The van der Waals surface area contributed by atoms with Crippen molar-refractivity contribution in [2.45, 2.75) is 32.2 Å². The fourth-order valence-electron chi connectivity index (χ4n) is 1.48. The van der Waals surface area contributed by atoms with Crippen LogP contribution in [0.3, 0.4) is 0 Å². The number of aromatic nitrogens is 4. The van der Waals surface area contributed by atoms with Crippen molar-refractivity contribution in [2.75, 3.05) is 6.54 Å². The average molecular weight is 181 g/mol. The van der Waals surface area contributed by atoms with E-state index in [2.05, 4.69) is 32.9 Å². The summed E-state index contributed by atoms with van der Waals surface area (Å²) in [7, 11) is 0. The van der Waals surface area contributed by atoms with Crippen molar-refractivity contribution < 1.29 is 0 Å². The Morgan fingerprint density at radius 1 is 1.62 bits per heavy atom. The van der Waals surface area contributed by atoms with Gasteiger partial charge in [0, 0.05) is 0 Å². The van der Waals surface area contributed by atoms with Crippen LogP contribution in [0.2, 0.25) is 0 Å². The molecule has 1 aromatic rings. The Labute approximate surface area is 77.3 Å². The van der Waals surface area contributed by atoms with Crippen molar-refractivity contribution >= 4 is 0 Å². The van der Waals surface area contributed by atoms with Gasteiger partial charge in [0.2, 0.25) is 0 Å². The minimum absolute atomic E-state index is 0.208. The summed E-state index contributed by atoms with van der Waals surface area (Å²) in [6, 6.07) is 0.208. The van der Waals surface area contributed by atoms with Gasteiger partial charge in [-0.2, -0.15) is 5.21 Å². The first kappa shape index (κ1) is 8.62. The molecule has 1 aromatic heterocycles. The molecule has 1 aliphatic carbocycles. The summed E-state index contributed by atoms with van der Waals surface area (Å²) in [6.45, 7) is 3.14. The fraction of sp³-hybridized carbons (Fsp3) is 0.875. The third kappa shape index (κ3) is 2.03. The zero-order valence-corrected chi connectivity index (χ0v) is 7.82. The maximum Gasteiger partial charge on any atom is 0.191 e. The van der Waals surface area contributed by atoms with Crippen LogP contribution in [0, 0.1) is 5.92 Å². The zero-order valence-electron chi connectivity index (χ0n) is 7.82. The zero-order chi connectivity index (χ0) is 9.10. The topological polar surface area (TPSA) is 66.5 Å². The van der Waals surface area contributed by atoms with Crippen LogP contribution in [-0.2, 0) is 0 Å². The van der Waals surface area contributed by atoms with E-state index in [4.69, 9.17) is 0 Å². The molecule has 13 heavy (non-hydrogen) atoms. The molecule has 1 unspecified atom stereocenters. The molecule has 1 fully saturated rings. The summed E-state index contributed by atoms with van der Waals surface area (Å²) in [5, 5.41) is 17.2. The number of rotatable bonds is 4. The lowest BCUT2D eigenvalue weighted by molar-refractivity contribution is 0.290. The Morgan fingerprint density at radius 3 is 3.00 bits per heavy atom. The van der Waals surface area contributed by atoms with Gasteiger partial charge in [0.1, 0.15) is 0 Å². The number of H-pyrrole nitrogens is 1. The van der Waals surface area contributed by atoms with E-state index < -0.39 is 0 Å². The molecule has 0 amide bonds. The molecule has 0 spiro atoms. The normalized spacial score (nSPS) is 19.8. The second kappa shape index (κ2) is 3.83. The lowest BCUT2D eigenvalue weighted by Crippen LogP contribution is -2.29. The molecule has 0 aromatic carbocycles. The van der Waals surface area contributed by atoms with Crippen molar-refractivity contribution in [2.24, 2.45) is 5.92 Å². The molecule has 5 heteroatoms.